The Hall–Kier alpha value is -2.16. The smallest absolute Gasteiger partial charge is 0.267 e. The quantitative estimate of drug-likeness (QED) is 0.850. The van der Waals surface area contributed by atoms with E-state index in [0.717, 1.165) is 22.4 Å². The third-order valence-corrected chi connectivity index (χ3v) is 3.63. The Bertz CT molecular complexity index is 667. The normalized spacial score (nSPS) is 9.70. The fourth-order valence-electron chi connectivity index (χ4n) is 1.72. The standard InChI is InChI=1S/C15H15N3OS/c1-2-12-6-9-20-14(12)15(19)18-13-10-11(4-3-7-16)5-8-17-13/h5-6,8-10H,2,7,16H2,1H3,(H,17,18,19). The summed E-state index contributed by atoms with van der Waals surface area (Å²) in [5.74, 6) is 6.05. The second-order valence-electron chi connectivity index (χ2n) is 4.02. The maximum absolute atomic E-state index is 12.2. The molecule has 3 N–H and O–H groups in total. The highest BCUT2D eigenvalue weighted by Crippen LogP contribution is 2.19. The average molecular weight is 285 g/mol. The second-order valence-corrected chi connectivity index (χ2v) is 4.93. The van der Waals surface area contributed by atoms with Crippen LogP contribution < -0.4 is 11.1 Å². The Balaban J connectivity index is 2.16. The van der Waals surface area contributed by atoms with E-state index in [1.165, 1.54) is 11.3 Å². The van der Waals surface area contributed by atoms with Crippen molar-refractivity contribution in [3.8, 4) is 11.8 Å². The number of hydrogen-bond donors (Lipinski definition) is 2. The summed E-state index contributed by atoms with van der Waals surface area (Å²) in [7, 11) is 0. The van der Waals surface area contributed by atoms with Crippen LogP contribution in [0.2, 0.25) is 0 Å². The van der Waals surface area contributed by atoms with Gasteiger partial charge in [0, 0.05) is 11.8 Å². The number of nitrogens with one attached hydrogen (secondary N) is 1. The lowest BCUT2D eigenvalue weighted by Crippen LogP contribution is -2.13. The lowest BCUT2D eigenvalue weighted by atomic mass is 10.2. The molecule has 2 aromatic heterocycles. The summed E-state index contributed by atoms with van der Waals surface area (Å²) in [5, 5.41) is 4.72. The van der Waals surface area contributed by atoms with Gasteiger partial charge in [0.15, 0.2) is 0 Å². The number of aromatic nitrogens is 1. The number of anilines is 1. The molecule has 0 bridgehead atoms. The van der Waals surface area contributed by atoms with Gasteiger partial charge in [0.05, 0.1) is 11.4 Å². The molecule has 0 saturated carbocycles. The van der Waals surface area contributed by atoms with Gasteiger partial charge in [-0.2, -0.15) is 0 Å². The summed E-state index contributed by atoms with van der Waals surface area (Å²) in [6, 6.07) is 5.48. The zero-order valence-corrected chi connectivity index (χ0v) is 12.0. The van der Waals surface area contributed by atoms with Crippen LogP contribution in [0.1, 0.15) is 27.7 Å². The molecule has 0 aliphatic carbocycles. The van der Waals surface area contributed by atoms with Crippen LogP contribution in [0, 0.1) is 11.8 Å². The van der Waals surface area contributed by atoms with Crippen LogP contribution in [0.15, 0.2) is 29.8 Å². The molecule has 0 saturated heterocycles. The van der Waals surface area contributed by atoms with Crippen LogP contribution in [0.4, 0.5) is 5.82 Å². The number of nitrogens with two attached hydrogens (primary N) is 1. The van der Waals surface area contributed by atoms with E-state index in [9.17, 15) is 4.79 Å². The molecule has 0 radical (unpaired) electrons. The van der Waals surface area contributed by atoms with Crippen molar-refractivity contribution in [1.82, 2.24) is 4.98 Å². The largest absolute Gasteiger partial charge is 0.320 e. The first-order valence-electron chi connectivity index (χ1n) is 6.27. The Morgan fingerprint density at radius 1 is 1.50 bits per heavy atom. The van der Waals surface area contributed by atoms with Crippen molar-refractivity contribution in [2.45, 2.75) is 13.3 Å². The maximum Gasteiger partial charge on any atom is 0.267 e. The number of carbonyl (C=O) groups excluding carboxylic acids is 1. The predicted molar refractivity (Wildman–Crippen MR) is 81.8 cm³/mol. The van der Waals surface area contributed by atoms with Crippen molar-refractivity contribution >= 4 is 23.1 Å². The van der Waals surface area contributed by atoms with E-state index < -0.39 is 0 Å². The van der Waals surface area contributed by atoms with Gasteiger partial charge in [-0.05, 0) is 35.6 Å². The van der Waals surface area contributed by atoms with Crippen molar-refractivity contribution < 1.29 is 4.79 Å². The third-order valence-electron chi connectivity index (χ3n) is 2.67. The van der Waals surface area contributed by atoms with Gasteiger partial charge in [0.1, 0.15) is 5.82 Å². The van der Waals surface area contributed by atoms with E-state index in [1.54, 1.807) is 18.3 Å². The minimum atomic E-state index is -0.131. The molecule has 102 valence electrons. The highest BCUT2D eigenvalue weighted by atomic mass is 32.1. The van der Waals surface area contributed by atoms with Gasteiger partial charge in [-0.25, -0.2) is 4.98 Å². The van der Waals surface area contributed by atoms with Gasteiger partial charge in [0.25, 0.3) is 5.91 Å². The molecule has 4 nitrogen and oxygen atoms in total. The molecule has 0 unspecified atom stereocenters. The number of pyridine rings is 1. The van der Waals surface area contributed by atoms with Gasteiger partial charge >= 0.3 is 0 Å². The summed E-state index contributed by atoms with van der Waals surface area (Å²) >= 11 is 1.44. The van der Waals surface area contributed by atoms with Gasteiger partial charge in [-0.1, -0.05) is 18.8 Å². The van der Waals surface area contributed by atoms with Crippen LogP contribution >= 0.6 is 11.3 Å². The number of aryl methyl sites for hydroxylation is 1. The molecule has 0 aromatic carbocycles. The fourth-order valence-corrected chi connectivity index (χ4v) is 2.61. The van der Waals surface area contributed by atoms with Crippen LogP contribution in [-0.4, -0.2) is 17.4 Å². The first-order chi connectivity index (χ1) is 9.74. The van der Waals surface area contributed by atoms with Crippen LogP contribution in [0.5, 0.6) is 0 Å². The lowest BCUT2D eigenvalue weighted by molar-refractivity contribution is 0.102. The zero-order chi connectivity index (χ0) is 14.4. The van der Waals surface area contributed by atoms with Crippen molar-refractivity contribution in [3.05, 3.63) is 45.8 Å². The molecule has 5 heteroatoms. The number of carbonyl (C=O) groups is 1. The van der Waals surface area contributed by atoms with E-state index in [2.05, 4.69) is 22.1 Å². The number of thiophene rings is 1. The summed E-state index contributed by atoms with van der Waals surface area (Å²) in [4.78, 5) is 17.0. The Morgan fingerprint density at radius 3 is 3.10 bits per heavy atom. The Morgan fingerprint density at radius 2 is 2.35 bits per heavy atom. The molecule has 2 rings (SSSR count). The summed E-state index contributed by atoms with van der Waals surface area (Å²) in [5.41, 5.74) is 7.16. The van der Waals surface area contributed by atoms with E-state index in [-0.39, 0.29) is 5.91 Å². The summed E-state index contributed by atoms with van der Waals surface area (Å²) < 4.78 is 0. The molecule has 1 amide bonds. The third kappa shape index (κ3) is 3.44. The van der Waals surface area contributed by atoms with Gasteiger partial charge in [-0.15, -0.1) is 11.3 Å². The van der Waals surface area contributed by atoms with Crippen molar-refractivity contribution in [3.63, 3.8) is 0 Å². The highest BCUT2D eigenvalue weighted by molar-refractivity contribution is 7.12. The molecular weight excluding hydrogens is 270 g/mol. The van der Waals surface area contributed by atoms with Gasteiger partial charge in [0.2, 0.25) is 0 Å². The predicted octanol–water partition coefficient (Wildman–Crippen LogP) is 2.27. The molecule has 20 heavy (non-hydrogen) atoms. The SMILES string of the molecule is CCc1ccsc1C(=O)Nc1cc(C#CCN)ccn1. The minimum Gasteiger partial charge on any atom is -0.320 e. The molecule has 2 heterocycles. The van der Waals surface area contributed by atoms with Gasteiger partial charge in [-0.3, -0.25) is 4.79 Å². The van der Waals surface area contributed by atoms with Crippen LogP contribution in [0.25, 0.3) is 0 Å². The van der Waals surface area contributed by atoms with E-state index in [1.807, 2.05) is 18.4 Å². The Kier molecular flexibility index (Phi) is 4.88. The molecule has 2 aromatic rings. The molecule has 0 atom stereocenters. The summed E-state index contributed by atoms with van der Waals surface area (Å²) in [6.07, 6.45) is 2.45. The second kappa shape index (κ2) is 6.85. The number of rotatable bonds is 3. The number of amides is 1. The maximum atomic E-state index is 12.2. The average Bonchev–Trinajstić information content (AvgIpc) is 2.94. The summed E-state index contributed by atoms with van der Waals surface area (Å²) in [6.45, 7) is 2.33. The van der Waals surface area contributed by atoms with E-state index in [0.29, 0.717) is 12.4 Å². The van der Waals surface area contributed by atoms with Gasteiger partial charge < -0.3 is 11.1 Å². The topological polar surface area (TPSA) is 68.0 Å². The molecule has 0 spiro atoms. The van der Waals surface area contributed by atoms with Crippen molar-refractivity contribution in [2.75, 3.05) is 11.9 Å². The first kappa shape index (κ1) is 14.3. The monoisotopic (exact) mass is 285 g/mol. The minimum absolute atomic E-state index is 0.131. The molecule has 0 fully saturated rings. The van der Waals surface area contributed by atoms with Crippen LogP contribution in [0.3, 0.4) is 0 Å². The first-order valence-corrected chi connectivity index (χ1v) is 7.15. The lowest BCUT2D eigenvalue weighted by Gasteiger charge is -2.04. The molecular formula is C15H15N3OS. The molecule has 0 aliphatic rings. The van der Waals surface area contributed by atoms with Crippen molar-refractivity contribution in [2.24, 2.45) is 5.73 Å². The fraction of sp³-hybridized carbons (Fsp3) is 0.200. The number of hydrogen-bond acceptors (Lipinski definition) is 4. The highest BCUT2D eigenvalue weighted by Gasteiger charge is 2.12. The number of nitrogens with zero attached hydrogens (tertiary/aromatic N) is 1. The van der Waals surface area contributed by atoms with E-state index in [4.69, 9.17) is 5.73 Å². The zero-order valence-electron chi connectivity index (χ0n) is 11.1. The molecule has 0 aliphatic heterocycles. The van der Waals surface area contributed by atoms with E-state index >= 15 is 0 Å². The van der Waals surface area contributed by atoms with Crippen molar-refractivity contribution in [1.29, 1.82) is 0 Å². The van der Waals surface area contributed by atoms with Crippen LogP contribution in [-0.2, 0) is 6.42 Å². The Labute approximate surface area is 122 Å².